The maximum atomic E-state index is 12.0. The number of ether oxygens (including phenoxy) is 1. The van der Waals surface area contributed by atoms with Gasteiger partial charge in [-0.2, -0.15) is 0 Å². The Morgan fingerprint density at radius 2 is 1.72 bits per heavy atom. The number of esters is 1. The standard InChI is InChI=1S/C12H24N2O3S/c1-8(2)14(9(3)4)11(15)7-18-6-10(13)12(16)17-5/h8-10H,6-7,13H2,1-5H3. The zero-order chi connectivity index (χ0) is 14.3. The second-order valence-electron chi connectivity index (χ2n) is 4.63. The summed E-state index contributed by atoms with van der Waals surface area (Å²) in [5, 5.41) is 0. The van der Waals surface area contributed by atoms with Crippen LogP contribution in [0.15, 0.2) is 0 Å². The highest BCUT2D eigenvalue weighted by atomic mass is 32.2. The van der Waals surface area contributed by atoms with Crippen molar-refractivity contribution in [3.8, 4) is 0 Å². The minimum Gasteiger partial charge on any atom is -0.468 e. The van der Waals surface area contributed by atoms with Crippen LogP contribution in [0.3, 0.4) is 0 Å². The average molecular weight is 276 g/mol. The first kappa shape index (κ1) is 17.2. The molecule has 5 nitrogen and oxygen atoms in total. The third-order valence-electron chi connectivity index (χ3n) is 2.43. The molecule has 6 heteroatoms. The number of methoxy groups -OCH3 is 1. The van der Waals surface area contributed by atoms with Crippen LogP contribution in [-0.2, 0) is 14.3 Å². The van der Waals surface area contributed by atoms with Crippen molar-refractivity contribution in [2.75, 3.05) is 18.6 Å². The minimum absolute atomic E-state index is 0.0714. The Bertz CT molecular complexity index is 274. The fraction of sp³-hybridized carbons (Fsp3) is 0.833. The third kappa shape index (κ3) is 5.73. The predicted octanol–water partition coefficient (Wildman–Crippen LogP) is 0.865. The van der Waals surface area contributed by atoms with E-state index in [0.29, 0.717) is 11.5 Å². The Labute approximate surface area is 113 Å². The number of thioether (sulfide) groups is 1. The van der Waals surface area contributed by atoms with Crippen molar-refractivity contribution in [1.82, 2.24) is 4.90 Å². The SMILES string of the molecule is COC(=O)C(N)CSCC(=O)N(C(C)C)C(C)C. The van der Waals surface area contributed by atoms with Crippen LogP contribution in [-0.4, -0.2) is 53.5 Å². The van der Waals surface area contributed by atoms with Crippen LogP contribution in [0, 0.1) is 0 Å². The van der Waals surface area contributed by atoms with E-state index in [0.717, 1.165) is 0 Å². The summed E-state index contributed by atoms with van der Waals surface area (Å²) < 4.78 is 4.52. The zero-order valence-corrected chi connectivity index (χ0v) is 12.6. The van der Waals surface area contributed by atoms with Gasteiger partial charge in [0.05, 0.1) is 12.9 Å². The van der Waals surface area contributed by atoms with E-state index in [2.05, 4.69) is 4.74 Å². The highest BCUT2D eigenvalue weighted by molar-refractivity contribution is 8.00. The maximum Gasteiger partial charge on any atom is 0.323 e. The summed E-state index contributed by atoms with van der Waals surface area (Å²) in [5.41, 5.74) is 5.59. The van der Waals surface area contributed by atoms with E-state index in [1.54, 1.807) is 0 Å². The molecule has 0 bridgehead atoms. The van der Waals surface area contributed by atoms with Gasteiger partial charge < -0.3 is 15.4 Å². The molecule has 0 aromatic heterocycles. The molecule has 0 aromatic carbocycles. The Balaban J connectivity index is 4.13. The van der Waals surface area contributed by atoms with E-state index in [1.807, 2.05) is 32.6 Å². The number of nitrogens with two attached hydrogens (primary N) is 1. The molecule has 0 aliphatic rings. The van der Waals surface area contributed by atoms with E-state index in [4.69, 9.17) is 5.73 Å². The molecule has 0 radical (unpaired) electrons. The molecule has 1 unspecified atom stereocenters. The van der Waals surface area contributed by atoms with Crippen LogP contribution in [0.1, 0.15) is 27.7 Å². The number of carbonyl (C=O) groups is 2. The summed E-state index contributed by atoms with van der Waals surface area (Å²) in [6, 6.07) is -0.320. The predicted molar refractivity (Wildman–Crippen MR) is 74.4 cm³/mol. The van der Waals surface area contributed by atoms with Crippen molar-refractivity contribution in [3.63, 3.8) is 0 Å². The Hall–Kier alpha value is -0.750. The molecule has 0 saturated carbocycles. The molecule has 0 aliphatic carbocycles. The number of nitrogens with zero attached hydrogens (tertiary/aromatic N) is 1. The van der Waals surface area contributed by atoms with E-state index < -0.39 is 12.0 Å². The topological polar surface area (TPSA) is 72.6 Å². The lowest BCUT2D eigenvalue weighted by Gasteiger charge is -2.30. The summed E-state index contributed by atoms with van der Waals surface area (Å²) in [6.45, 7) is 7.96. The van der Waals surface area contributed by atoms with Crippen LogP contribution in [0.2, 0.25) is 0 Å². The fourth-order valence-electron chi connectivity index (χ4n) is 1.74. The molecule has 0 rings (SSSR count). The van der Waals surface area contributed by atoms with Crippen LogP contribution in [0.5, 0.6) is 0 Å². The van der Waals surface area contributed by atoms with Crippen molar-refractivity contribution in [2.45, 2.75) is 45.8 Å². The largest absolute Gasteiger partial charge is 0.468 e. The highest BCUT2D eigenvalue weighted by Crippen LogP contribution is 2.10. The van der Waals surface area contributed by atoms with Crippen LogP contribution < -0.4 is 5.73 Å². The summed E-state index contributed by atoms with van der Waals surface area (Å²) in [7, 11) is 1.30. The van der Waals surface area contributed by atoms with E-state index >= 15 is 0 Å². The lowest BCUT2D eigenvalue weighted by Crippen LogP contribution is -2.43. The van der Waals surface area contributed by atoms with Crippen LogP contribution >= 0.6 is 11.8 Å². The fourth-order valence-corrected chi connectivity index (χ4v) is 2.57. The second kappa shape index (κ2) is 8.37. The van der Waals surface area contributed by atoms with Crippen molar-refractivity contribution in [1.29, 1.82) is 0 Å². The van der Waals surface area contributed by atoms with Crippen molar-refractivity contribution >= 4 is 23.6 Å². The van der Waals surface area contributed by atoms with Crippen molar-refractivity contribution in [2.24, 2.45) is 5.73 Å². The molecule has 0 heterocycles. The first-order chi connectivity index (χ1) is 8.31. The third-order valence-corrected chi connectivity index (χ3v) is 3.47. The van der Waals surface area contributed by atoms with Crippen molar-refractivity contribution in [3.05, 3.63) is 0 Å². The number of rotatable bonds is 7. The van der Waals surface area contributed by atoms with Gasteiger partial charge in [0.25, 0.3) is 0 Å². The molecule has 0 saturated heterocycles. The van der Waals surface area contributed by atoms with E-state index in [9.17, 15) is 9.59 Å². The molecular weight excluding hydrogens is 252 g/mol. The highest BCUT2D eigenvalue weighted by Gasteiger charge is 2.21. The molecule has 0 aromatic rings. The molecule has 1 amide bonds. The Kier molecular flexibility index (Phi) is 8.02. The van der Waals surface area contributed by atoms with E-state index in [1.165, 1.54) is 18.9 Å². The maximum absolute atomic E-state index is 12.0. The lowest BCUT2D eigenvalue weighted by molar-refractivity contribution is -0.141. The monoisotopic (exact) mass is 276 g/mol. The number of hydrogen-bond donors (Lipinski definition) is 1. The zero-order valence-electron chi connectivity index (χ0n) is 11.8. The van der Waals surface area contributed by atoms with Crippen LogP contribution in [0.4, 0.5) is 0 Å². The molecular formula is C12H24N2O3S. The van der Waals surface area contributed by atoms with Gasteiger partial charge in [0, 0.05) is 17.8 Å². The van der Waals surface area contributed by atoms with Gasteiger partial charge in [0.1, 0.15) is 6.04 Å². The molecule has 0 spiro atoms. The quantitative estimate of drug-likeness (QED) is 0.698. The molecule has 18 heavy (non-hydrogen) atoms. The van der Waals surface area contributed by atoms with E-state index in [-0.39, 0.29) is 18.0 Å². The average Bonchev–Trinajstić information content (AvgIpc) is 2.26. The molecule has 1 atom stereocenters. The normalized spacial score (nSPS) is 12.7. The first-order valence-electron chi connectivity index (χ1n) is 6.03. The number of hydrogen-bond acceptors (Lipinski definition) is 5. The molecule has 0 fully saturated rings. The summed E-state index contributed by atoms with van der Waals surface area (Å²) in [5.74, 6) is 0.352. The molecule has 2 N–H and O–H groups in total. The van der Waals surface area contributed by atoms with Gasteiger partial charge in [0.15, 0.2) is 0 Å². The van der Waals surface area contributed by atoms with Gasteiger partial charge in [-0.3, -0.25) is 9.59 Å². The second-order valence-corrected chi connectivity index (χ2v) is 5.66. The number of amides is 1. The first-order valence-corrected chi connectivity index (χ1v) is 7.19. The van der Waals surface area contributed by atoms with Gasteiger partial charge in [0.2, 0.25) is 5.91 Å². The number of carbonyl (C=O) groups excluding carboxylic acids is 2. The summed E-state index contributed by atoms with van der Waals surface area (Å²) in [6.07, 6.45) is 0. The molecule has 106 valence electrons. The Morgan fingerprint density at radius 1 is 1.22 bits per heavy atom. The van der Waals surface area contributed by atoms with Gasteiger partial charge >= 0.3 is 5.97 Å². The van der Waals surface area contributed by atoms with Gasteiger partial charge in [-0.05, 0) is 27.7 Å². The lowest BCUT2D eigenvalue weighted by atomic mass is 10.2. The van der Waals surface area contributed by atoms with Gasteiger partial charge in [-0.15, -0.1) is 11.8 Å². The van der Waals surface area contributed by atoms with Gasteiger partial charge in [-0.25, -0.2) is 0 Å². The summed E-state index contributed by atoms with van der Waals surface area (Å²) in [4.78, 5) is 24.9. The Morgan fingerprint density at radius 3 is 2.11 bits per heavy atom. The van der Waals surface area contributed by atoms with Crippen molar-refractivity contribution < 1.29 is 14.3 Å². The minimum atomic E-state index is -0.667. The van der Waals surface area contributed by atoms with Gasteiger partial charge in [-0.1, -0.05) is 0 Å². The smallest absolute Gasteiger partial charge is 0.323 e. The molecule has 0 aliphatic heterocycles. The van der Waals surface area contributed by atoms with Crippen LogP contribution in [0.25, 0.3) is 0 Å². The summed E-state index contributed by atoms with van der Waals surface area (Å²) >= 11 is 1.36.